The molecule has 3 aromatic heterocycles. The molecule has 3 aromatic rings. The van der Waals surface area contributed by atoms with Gasteiger partial charge in [-0.3, -0.25) is 9.78 Å². The summed E-state index contributed by atoms with van der Waals surface area (Å²) in [6.45, 7) is 5.88. The van der Waals surface area contributed by atoms with E-state index >= 15 is 0 Å². The highest BCUT2D eigenvalue weighted by Crippen LogP contribution is 2.37. The number of hydrogen-bond acceptors (Lipinski definition) is 7. The van der Waals surface area contributed by atoms with Crippen LogP contribution in [0.2, 0.25) is 0 Å². The summed E-state index contributed by atoms with van der Waals surface area (Å²) in [5, 5.41) is 4.50. The van der Waals surface area contributed by atoms with Crippen molar-refractivity contribution in [2.24, 2.45) is 5.92 Å². The minimum atomic E-state index is 0.0751. The van der Waals surface area contributed by atoms with Gasteiger partial charge in [-0.15, -0.1) is 11.3 Å². The first-order chi connectivity index (χ1) is 13.8. The summed E-state index contributed by atoms with van der Waals surface area (Å²) in [4.78, 5) is 32.5. The molecule has 1 aliphatic carbocycles. The van der Waals surface area contributed by atoms with E-state index in [4.69, 9.17) is 9.97 Å². The number of pyridine rings is 1. The van der Waals surface area contributed by atoms with Crippen molar-refractivity contribution >= 4 is 33.3 Å². The van der Waals surface area contributed by atoms with Crippen LogP contribution in [-0.4, -0.2) is 50.9 Å². The normalized spacial score (nSPS) is 18.9. The maximum atomic E-state index is 12.3. The number of amides is 1. The molecule has 0 spiro atoms. The average molecular weight is 411 g/mol. The third kappa shape index (κ3) is 3.81. The lowest BCUT2D eigenvalue weighted by Gasteiger charge is -2.19. The highest BCUT2D eigenvalue weighted by Gasteiger charge is 2.32. The summed E-state index contributed by atoms with van der Waals surface area (Å²) in [5.74, 6) is 1.82. The van der Waals surface area contributed by atoms with Crippen LogP contribution in [0.15, 0.2) is 12.3 Å². The monoisotopic (exact) mass is 410 g/mol. The summed E-state index contributed by atoms with van der Waals surface area (Å²) in [5.41, 5.74) is 3.70. The maximum absolute atomic E-state index is 12.3. The molecule has 2 unspecified atom stereocenters. The predicted molar refractivity (Wildman–Crippen MR) is 116 cm³/mol. The standard InChI is InChI=1S/C21H26N6OS/c1-11-17(20-26-18-12(2)22-9-8-16(18)29-20)19(24-13(3)23-11)25-15-7-6-14(10-15)21(28)27(4)5/h8-9,14-15H,6-7,10H2,1-5H3,(H,23,24,25). The summed E-state index contributed by atoms with van der Waals surface area (Å²) in [6.07, 6.45) is 4.49. The SMILES string of the molecule is Cc1nc(C)c(-c2nc3c(C)nccc3s2)c(NC2CCC(C(=O)N(C)C)C2)n1. The van der Waals surface area contributed by atoms with E-state index in [0.717, 1.165) is 63.1 Å². The lowest BCUT2D eigenvalue weighted by Crippen LogP contribution is -2.29. The van der Waals surface area contributed by atoms with Crippen LogP contribution in [0.3, 0.4) is 0 Å². The quantitative estimate of drug-likeness (QED) is 0.705. The first-order valence-electron chi connectivity index (χ1n) is 9.89. The minimum absolute atomic E-state index is 0.0751. The second-order valence-electron chi connectivity index (χ2n) is 7.93. The van der Waals surface area contributed by atoms with Crippen LogP contribution in [0.1, 0.15) is 36.5 Å². The molecule has 152 valence electrons. The molecule has 0 aromatic carbocycles. The largest absolute Gasteiger partial charge is 0.367 e. The van der Waals surface area contributed by atoms with Gasteiger partial charge in [-0.05, 0) is 46.1 Å². The van der Waals surface area contributed by atoms with Crippen LogP contribution >= 0.6 is 11.3 Å². The predicted octanol–water partition coefficient (Wildman–Crippen LogP) is 3.74. The smallest absolute Gasteiger partial charge is 0.225 e. The topological polar surface area (TPSA) is 83.9 Å². The van der Waals surface area contributed by atoms with E-state index < -0.39 is 0 Å². The van der Waals surface area contributed by atoms with E-state index in [1.165, 1.54) is 0 Å². The highest BCUT2D eigenvalue weighted by molar-refractivity contribution is 7.21. The number of anilines is 1. The molecule has 1 amide bonds. The zero-order valence-electron chi connectivity index (χ0n) is 17.5. The van der Waals surface area contributed by atoms with Crippen LogP contribution in [0, 0.1) is 26.7 Å². The average Bonchev–Trinajstić information content (AvgIpc) is 3.28. The Bertz CT molecular complexity index is 1080. The van der Waals surface area contributed by atoms with E-state index in [-0.39, 0.29) is 17.9 Å². The van der Waals surface area contributed by atoms with E-state index in [9.17, 15) is 4.79 Å². The Morgan fingerprint density at radius 1 is 1.14 bits per heavy atom. The van der Waals surface area contributed by atoms with Gasteiger partial charge in [-0.25, -0.2) is 15.0 Å². The molecule has 1 saturated carbocycles. The molecule has 29 heavy (non-hydrogen) atoms. The van der Waals surface area contributed by atoms with Gasteiger partial charge in [-0.2, -0.15) is 0 Å². The molecular weight excluding hydrogens is 384 g/mol. The molecular formula is C21H26N6OS. The molecule has 4 rings (SSSR count). The molecule has 1 aliphatic rings. The number of aromatic nitrogens is 4. The Labute approximate surface area is 174 Å². The molecule has 2 atom stereocenters. The van der Waals surface area contributed by atoms with Crippen LogP contribution < -0.4 is 5.32 Å². The van der Waals surface area contributed by atoms with Gasteiger partial charge in [0.25, 0.3) is 0 Å². The zero-order valence-corrected chi connectivity index (χ0v) is 18.3. The van der Waals surface area contributed by atoms with Crippen molar-refractivity contribution in [1.82, 2.24) is 24.8 Å². The third-order valence-electron chi connectivity index (χ3n) is 5.47. The molecule has 1 N–H and O–H groups in total. The molecule has 7 nitrogen and oxygen atoms in total. The number of fused-ring (bicyclic) bond motifs is 1. The Balaban J connectivity index is 1.67. The van der Waals surface area contributed by atoms with Crippen molar-refractivity contribution in [3.8, 4) is 10.6 Å². The van der Waals surface area contributed by atoms with Gasteiger partial charge in [0.15, 0.2) is 0 Å². The van der Waals surface area contributed by atoms with Crippen LogP contribution in [0.4, 0.5) is 5.82 Å². The summed E-state index contributed by atoms with van der Waals surface area (Å²) in [7, 11) is 3.64. The van der Waals surface area contributed by atoms with Gasteiger partial charge in [0.1, 0.15) is 22.2 Å². The number of aryl methyl sites for hydroxylation is 3. The number of hydrogen-bond donors (Lipinski definition) is 1. The molecule has 3 heterocycles. The van der Waals surface area contributed by atoms with E-state index in [1.807, 2.05) is 47.1 Å². The summed E-state index contributed by atoms with van der Waals surface area (Å²) in [6, 6.07) is 2.21. The van der Waals surface area contributed by atoms with Gasteiger partial charge in [0.05, 0.1) is 21.7 Å². The van der Waals surface area contributed by atoms with Crippen LogP contribution in [0.25, 0.3) is 20.8 Å². The van der Waals surface area contributed by atoms with Gasteiger partial charge < -0.3 is 10.2 Å². The Morgan fingerprint density at radius 2 is 1.93 bits per heavy atom. The Kier molecular flexibility index (Phi) is 5.21. The van der Waals surface area contributed by atoms with Gasteiger partial charge in [-0.1, -0.05) is 0 Å². The number of nitrogens with one attached hydrogen (secondary N) is 1. The number of rotatable bonds is 4. The van der Waals surface area contributed by atoms with Crippen molar-refractivity contribution < 1.29 is 4.79 Å². The fourth-order valence-electron chi connectivity index (χ4n) is 4.06. The van der Waals surface area contributed by atoms with Crippen LogP contribution in [-0.2, 0) is 4.79 Å². The first-order valence-corrected chi connectivity index (χ1v) is 10.7. The van der Waals surface area contributed by atoms with Gasteiger partial charge in [0, 0.05) is 32.3 Å². The second kappa shape index (κ2) is 7.67. The number of nitrogens with zero attached hydrogens (tertiary/aromatic N) is 5. The zero-order chi connectivity index (χ0) is 20.7. The highest BCUT2D eigenvalue weighted by atomic mass is 32.1. The van der Waals surface area contributed by atoms with Crippen molar-refractivity contribution in [3.63, 3.8) is 0 Å². The van der Waals surface area contributed by atoms with Crippen molar-refractivity contribution in [2.45, 2.75) is 46.1 Å². The first kappa shape index (κ1) is 19.7. The van der Waals surface area contributed by atoms with E-state index in [2.05, 4.69) is 15.3 Å². The number of carbonyl (C=O) groups is 1. The summed E-state index contributed by atoms with van der Waals surface area (Å²) < 4.78 is 1.11. The van der Waals surface area contributed by atoms with Crippen molar-refractivity contribution in [3.05, 3.63) is 29.5 Å². The van der Waals surface area contributed by atoms with Crippen molar-refractivity contribution in [2.75, 3.05) is 19.4 Å². The van der Waals surface area contributed by atoms with Crippen molar-refractivity contribution in [1.29, 1.82) is 0 Å². The fraction of sp³-hybridized carbons (Fsp3) is 0.476. The molecule has 8 heteroatoms. The Hall–Kier alpha value is -2.61. The van der Waals surface area contributed by atoms with E-state index in [1.54, 1.807) is 16.2 Å². The van der Waals surface area contributed by atoms with E-state index in [0.29, 0.717) is 0 Å². The Morgan fingerprint density at radius 3 is 2.66 bits per heavy atom. The lowest BCUT2D eigenvalue weighted by atomic mass is 10.1. The number of thiazole rings is 1. The third-order valence-corrected chi connectivity index (χ3v) is 6.51. The molecule has 0 saturated heterocycles. The maximum Gasteiger partial charge on any atom is 0.225 e. The molecule has 0 bridgehead atoms. The van der Waals surface area contributed by atoms with Gasteiger partial charge in [0.2, 0.25) is 5.91 Å². The fourth-order valence-corrected chi connectivity index (χ4v) is 5.17. The lowest BCUT2D eigenvalue weighted by molar-refractivity contribution is -0.132. The second-order valence-corrected chi connectivity index (χ2v) is 8.96. The van der Waals surface area contributed by atoms with Gasteiger partial charge >= 0.3 is 0 Å². The van der Waals surface area contributed by atoms with Crippen LogP contribution in [0.5, 0.6) is 0 Å². The minimum Gasteiger partial charge on any atom is -0.367 e. The molecule has 1 fully saturated rings. The molecule has 0 radical (unpaired) electrons. The molecule has 0 aliphatic heterocycles. The summed E-state index contributed by atoms with van der Waals surface area (Å²) >= 11 is 1.63. The number of carbonyl (C=O) groups excluding carboxylic acids is 1.